The maximum absolute atomic E-state index is 10.9. The lowest BCUT2D eigenvalue weighted by atomic mass is 10.0. The molecule has 0 fully saturated rings. The van der Waals surface area contributed by atoms with Gasteiger partial charge in [0.2, 0.25) is 0 Å². The number of halogens is 1. The summed E-state index contributed by atoms with van der Waals surface area (Å²) in [7, 11) is 3.16. The van der Waals surface area contributed by atoms with Crippen LogP contribution >= 0.6 is 11.6 Å². The molecule has 0 saturated carbocycles. The summed E-state index contributed by atoms with van der Waals surface area (Å²) in [4.78, 5) is 10.9. The summed E-state index contributed by atoms with van der Waals surface area (Å²) in [6.45, 7) is 0. The standard InChI is InChI=1S/C15H13ClO3/c1-18-13-4-3-5-14(19-2)15(13)11-8-10(9-17)6-7-12(11)16/h3-9H,1-2H3. The van der Waals surface area contributed by atoms with E-state index in [0.29, 0.717) is 27.6 Å². The molecule has 0 bridgehead atoms. The van der Waals surface area contributed by atoms with Gasteiger partial charge in [0.1, 0.15) is 17.8 Å². The Morgan fingerprint density at radius 2 is 1.68 bits per heavy atom. The molecule has 0 radical (unpaired) electrons. The molecule has 0 heterocycles. The van der Waals surface area contributed by atoms with E-state index in [0.717, 1.165) is 11.8 Å². The Balaban J connectivity index is 2.73. The third kappa shape index (κ3) is 2.56. The van der Waals surface area contributed by atoms with Gasteiger partial charge in [-0.3, -0.25) is 4.79 Å². The molecule has 19 heavy (non-hydrogen) atoms. The first-order chi connectivity index (χ1) is 9.21. The molecule has 0 saturated heterocycles. The summed E-state index contributed by atoms with van der Waals surface area (Å²) in [6.07, 6.45) is 0.779. The fourth-order valence-corrected chi connectivity index (χ4v) is 2.14. The van der Waals surface area contributed by atoms with Crippen LogP contribution in [0.15, 0.2) is 36.4 Å². The van der Waals surface area contributed by atoms with Gasteiger partial charge in [-0.15, -0.1) is 0 Å². The van der Waals surface area contributed by atoms with Crippen molar-refractivity contribution >= 4 is 17.9 Å². The highest BCUT2D eigenvalue weighted by atomic mass is 35.5. The van der Waals surface area contributed by atoms with Gasteiger partial charge in [-0.1, -0.05) is 23.7 Å². The van der Waals surface area contributed by atoms with Crippen molar-refractivity contribution in [3.63, 3.8) is 0 Å². The van der Waals surface area contributed by atoms with Crippen molar-refractivity contribution in [2.45, 2.75) is 0 Å². The van der Waals surface area contributed by atoms with E-state index in [-0.39, 0.29) is 0 Å². The van der Waals surface area contributed by atoms with Gasteiger partial charge in [0.15, 0.2) is 0 Å². The lowest BCUT2D eigenvalue weighted by Crippen LogP contribution is -1.94. The van der Waals surface area contributed by atoms with Crippen LogP contribution in [0.2, 0.25) is 5.02 Å². The third-order valence-corrected chi connectivity index (χ3v) is 3.15. The number of rotatable bonds is 4. The molecule has 4 heteroatoms. The number of carbonyl (C=O) groups excluding carboxylic acids is 1. The van der Waals surface area contributed by atoms with Gasteiger partial charge in [-0.2, -0.15) is 0 Å². The van der Waals surface area contributed by atoms with Gasteiger partial charge in [-0.25, -0.2) is 0 Å². The largest absolute Gasteiger partial charge is 0.496 e. The minimum absolute atomic E-state index is 0.536. The Morgan fingerprint density at radius 1 is 1.05 bits per heavy atom. The molecule has 0 atom stereocenters. The Morgan fingerprint density at radius 3 is 2.21 bits per heavy atom. The first kappa shape index (κ1) is 13.4. The third-order valence-electron chi connectivity index (χ3n) is 2.82. The van der Waals surface area contributed by atoms with Crippen molar-refractivity contribution in [3.8, 4) is 22.6 Å². The maximum atomic E-state index is 10.9. The van der Waals surface area contributed by atoms with Crippen LogP contribution in [0.3, 0.4) is 0 Å². The van der Waals surface area contributed by atoms with E-state index in [2.05, 4.69) is 0 Å². The molecule has 3 nitrogen and oxygen atoms in total. The summed E-state index contributed by atoms with van der Waals surface area (Å²) in [6, 6.07) is 10.5. The second-order valence-electron chi connectivity index (χ2n) is 3.89. The van der Waals surface area contributed by atoms with Crippen LogP contribution < -0.4 is 9.47 Å². The fourth-order valence-electron chi connectivity index (χ4n) is 1.92. The summed E-state index contributed by atoms with van der Waals surface area (Å²) >= 11 is 6.22. The zero-order valence-electron chi connectivity index (χ0n) is 10.6. The van der Waals surface area contributed by atoms with Gasteiger partial charge < -0.3 is 9.47 Å². The Labute approximate surface area is 116 Å². The molecular formula is C15H13ClO3. The first-order valence-corrected chi connectivity index (χ1v) is 6.05. The molecule has 0 N–H and O–H groups in total. The normalized spacial score (nSPS) is 10.1. The second kappa shape index (κ2) is 5.76. The lowest BCUT2D eigenvalue weighted by molar-refractivity contribution is 0.112. The average molecular weight is 277 g/mol. The molecular weight excluding hydrogens is 264 g/mol. The summed E-state index contributed by atoms with van der Waals surface area (Å²) in [5, 5.41) is 0.536. The Bertz CT molecular complexity index is 586. The van der Waals surface area contributed by atoms with Gasteiger partial charge in [0.25, 0.3) is 0 Å². The van der Waals surface area contributed by atoms with Crippen LogP contribution in [0, 0.1) is 0 Å². The molecule has 2 aromatic carbocycles. The van der Waals surface area contributed by atoms with Crippen LogP contribution in [0.1, 0.15) is 10.4 Å². The van der Waals surface area contributed by atoms with E-state index in [1.165, 1.54) is 0 Å². The van der Waals surface area contributed by atoms with Crippen LogP contribution in [-0.2, 0) is 0 Å². The van der Waals surface area contributed by atoms with E-state index in [1.54, 1.807) is 32.4 Å². The highest BCUT2D eigenvalue weighted by molar-refractivity contribution is 6.33. The summed E-state index contributed by atoms with van der Waals surface area (Å²) in [5.41, 5.74) is 1.99. The maximum Gasteiger partial charge on any atom is 0.150 e. The minimum atomic E-state index is 0.536. The predicted octanol–water partition coefficient (Wildman–Crippen LogP) is 3.84. The van der Waals surface area contributed by atoms with Crippen molar-refractivity contribution in [2.75, 3.05) is 14.2 Å². The number of benzene rings is 2. The molecule has 2 aromatic rings. The van der Waals surface area contributed by atoms with Crippen LogP contribution in [0.4, 0.5) is 0 Å². The molecule has 0 aliphatic carbocycles. The van der Waals surface area contributed by atoms with Crippen LogP contribution in [-0.4, -0.2) is 20.5 Å². The van der Waals surface area contributed by atoms with Crippen LogP contribution in [0.5, 0.6) is 11.5 Å². The van der Waals surface area contributed by atoms with E-state index < -0.39 is 0 Å². The zero-order valence-corrected chi connectivity index (χ0v) is 11.4. The van der Waals surface area contributed by atoms with Crippen molar-refractivity contribution in [1.29, 1.82) is 0 Å². The summed E-state index contributed by atoms with van der Waals surface area (Å²) in [5.74, 6) is 1.29. The molecule has 0 amide bonds. The van der Waals surface area contributed by atoms with E-state index in [1.807, 2.05) is 18.2 Å². The van der Waals surface area contributed by atoms with Gasteiger partial charge in [0, 0.05) is 16.1 Å². The molecule has 0 aromatic heterocycles. The predicted molar refractivity (Wildman–Crippen MR) is 75.4 cm³/mol. The Hall–Kier alpha value is -2.00. The van der Waals surface area contributed by atoms with E-state index in [4.69, 9.17) is 21.1 Å². The Kier molecular flexibility index (Phi) is 4.07. The minimum Gasteiger partial charge on any atom is -0.496 e. The smallest absolute Gasteiger partial charge is 0.150 e. The number of ether oxygens (including phenoxy) is 2. The van der Waals surface area contributed by atoms with Gasteiger partial charge in [-0.05, 0) is 24.3 Å². The molecule has 0 aliphatic rings. The molecule has 2 rings (SSSR count). The topological polar surface area (TPSA) is 35.5 Å². The monoisotopic (exact) mass is 276 g/mol. The second-order valence-corrected chi connectivity index (χ2v) is 4.30. The zero-order chi connectivity index (χ0) is 13.8. The van der Waals surface area contributed by atoms with Crippen LogP contribution in [0.25, 0.3) is 11.1 Å². The number of aldehydes is 1. The van der Waals surface area contributed by atoms with Crippen molar-refractivity contribution in [1.82, 2.24) is 0 Å². The van der Waals surface area contributed by atoms with Gasteiger partial charge in [0.05, 0.1) is 19.8 Å². The molecule has 0 aliphatic heterocycles. The fraction of sp³-hybridized carbons (Fsp3) is 0.133. The molecule has 0 spiro atoms. The molecule has 98 valence electrons. The number of hydrogen-bond donors (Lipinski definition) is 0. The molecule has 0 unspecified atom stereocenters. The van der Waals surface area contributed by atoms with E-state index >= 15 is 0 Å². The van der Waals surface area contributed by atoms with Gasteiger partial charge >= 0.3 is 0 Å². The van der Waals surface area contributed by atoms with Crippen molar-refractivity contribution < 1.29 is 14.3 Å². The lowest BCUT2D eigenvalue weighted by Gasteiger charge is -2.14. The average Bonchev–Trinajstić information content (AvgIpc) is 2.47. The number of hydrogen-bond acceptors (Lipinski definition) is 3. The highest BCUT2D eigenvalue weighted by Gasteiger charge is 2.15. The van der Waals surface area contributed by atoms with Crippen molar-refractivity contribution in [3.05, 3.63) is 47.0 Å². The van der Waals surface area contributed by atoms with Crippen molar-refractivity contribution in [2.24, 2.45) is 0 Å². The quantitative estimate of drug-likeness (QED) is 0.796. The first-order valence-electron chi connectivity index (χ1n) is 5.67. The summed E-state index contributed by atoms with van der Waals surface area (Å²) < 4.78 is 10.7. The number of carbonyl (C=O) groups is 1. The highest BCUT2D eigenvalue weighted by Crippen LogP contribution is 2.41. The number of methoxy groups -OCH3 is 2. The van der Waals surface area contributed by atoms with E-state index in [9.17, 15) is 4.79 Å². The SMILES string of the molecule is COc1cccc(OC)c1-c1cc(C=O)ccc1Cl.